The SMILES string of the molecule is Cc1cc(NC(=O)NC(=O)c2c(F)cccc2F)c(C)c(Cl)c1Oc1cc(Cl)c(F)cc1Cl. The van der Waals surface area contributed by atoms with Crippen LogP contribution < -0.4 is 15.4 Å². The molecule has 0 aliphatic heterocycles. The Morgan fingerprint density at radius 3 is 2.18 bits per heavy atom. The minimum absolute atomic E-state index is 0.0366. The quantitative estimate of drug-likeness (QED) is 0.354. The van der Waals surface area contributed by atoms with E-state index in [1.165, 1.54) is 12.1 Å². The molecule has 3 rings (SSSR count). The molecular weight excluding hydrogens is 504 g/mol. The molecule has 0 saturated heterocycles. The number of halogens is 6. The predicted octanol–water partition coefficient (Wildman–Crippen LogP) is 7.44. The Morgan fingerprint density at radius 1 is 0.909 bits per heavy atom. The first-order valence-corrected chi connectivity index (χ1v) is 10.3. The third-order valence-corrected chi connectivity index (χ3v) is 5.54. The lowest BCUT2D eigenvalue weighted by atomic mass is 10.1. The molecule has 0 aromatic heterocycles. The fraction of sp³-hybridized carbons (Fsp3) is 0.0909. The molecule has 172 valence electrons. The van der Waals surface area contributed by atoms with E-state index in [0.717, 1.165) is 24.3 Å². The maximum absolute atomic E-state index is 13.7. The molecule has 3 aromatic carbocycles. The van der Waals surface area contributed by atoms with E-state index in [1.807, 2.05) is 5.32 Å². The molecule has 0 heterocycles. The second kappa shape index (κ2) is 9.91. The lowest BCUT2D eigenvalue weighted by Crippen LogP contribution is -2.35. The third-order valence-electron chi connectivity index (χ3n) is 4.50. The first-order chi connectivity index (χ1) is 15.5. The molecule has 0 atom stereocenters. The van der Waals surface area contributed by atoms with Gasteiger partial charge in [-0.05, 0) is 49.2 Å². The molecule has 0 aliphatic carbocycles. The summed E-state index contributed by atoms with van der Waals surface area (Å²) in [5, 5.41) is 4.10. The van der Waals surface area contributed by atoms with Gasteiger partial charge in [0.15, 0.2) is 0 Å². The Hall–Kier alpha value is -2.94. The van der Waals surface area contributed by atoms with Gasteiger partial charge in [-0.3, -0.25) is 10.1 Å². The fourth-order valence-corrected chi connectivity index (χ4v) is 3.47. The van der Waals surface area contributed by atoms with Crippen molar-refractivity contribution in [2.75, 3.05) is 5.32 Å². The second-order valence-corrected chi connectivity index (χ2v) is 8.01. The van der Waals surface area contributed by atoms with E-state index in [2.05, 4.69) is 5.32 Å². The number of rotatable bonds is 4. The molecule has 0 saturated carbocycles. The summed E-state index contributed by atoms with van der Waals surface area (Å²) in [7, 11) is 0. The van der Waals surface area contributed by atoms with Gasteiger partial charge in [-0.2, -0.15) is 0 Å². The normalized spacial score (nSPS) is 10.7. The van der Waals surface area contributed by atoms with Crippen LogP contribution in [0.5, 0.6) is 11.5 Å². The maximum atomic E-state index is 13.7. The minimum atomic E-state index is -1.26. The van der Waals surface area contributed by atoms with E-state index in [-0.39, 0.29) is 32.3 Å². The predicted molar refractivity (Wildman–Crippen MR) is 120 cm³/mol. The van der Waals surface area contributed by atoms with Crippen LogP contribution >= 0.6 is 34.8 Å². The van der Waals surface area contributed by atoms with Crippen LogP contribution in [0.25, 0.3) is 0 Å². The molecule has 0 aliphatic rings. The first-order valence-electron chi connectivity index (χ1n) is 9.18. The number of carbonyl (C=O) groups excluding carboxylic acids is 2. The highest BCUT2D eigenvalue weighted by Crippen LogP contribution is 2.41. The first kappa shape index (κ1) is 24.7. The average Bonchev–Trinajstić information content (AvgIpc) is 2.72. The van der Waals surface area contributed by atoms with Crippen LogP contribution in [0, 0.1) is 31.3 Å². The smallest absolute Gasteiger partial charge is 0.326 e. The summed E-state index contributed by atoms with van der Waals surface area (Å²) < 4.78 is 46.7. The van der Waals surface area contributed by atoms with Crippen molar-refractivity contribution in [2.45, 2.75) is 13.8 Å². The van der Waals surface area contributed by atoms with Crippen molar-refractivity contribution in [1.29, 1.82) is 0 Å². The fourth-order valence-electron chi connectivity index (χ4n) is 2.83. The van der Waals surface area contributed by atoms with E-state index in [0.29, 0.717) is 11.1 Å². The van der Waals surface area contributed by atoms with Crippen LogP contribution in [0.4, 0.5) is 23.7 Å². The number of hydrogen-bond donors (Lipinski definition) is 2. The highest BCUT2D eigenvalue weighted by Gasteiger charge is 2.21. The molecule has 3 aromatic rings. The summed E-state index contributed by atoms with van der Waals surface area (Å²) >= 11 is 18.2. The van der Waals surface area contributed by atoms with E-state index in [4.69, 9.17) is 39.5 Å². The molecular formula is C22H14Cl3F3N2O3. The maximum Gasteiger partial charge on any atom is 0.326 e. The van der Waals surface area contributed by atoms with Crippen LogP contribution in [-0.4, -0.2) is 11.9 Å². The van der Waals surface area contributed by atoms with Gasteiger partial charge in [0.25, 0.3) is 5.91 Å². The molecule has 33 heavy (non-hydrogen) atoms. The van der Waals surface area contributed by atoms with Gasteiger partial charge < -0.3 is 10.1 Å². The van der Waals surface area contributed by atoms with Crippen molar-refractivity contribution < 1.29 is 27.5 Å². The minimum Gasteiger partial charge on any atom is -0.454 e. The summed E-state index contributed by atoms with van der Waals surface area (Å²) in [5.74, 6) is -3.97. The average molecular weight is 518 g/mol. The molecule has 2 N–H and O–H groups in total. The topological polar surface area (TPSA) is 67.4 Å². The zero-order valence-corrected chi connectivity index (χ0v) is 19.2. The summed E-state index contributed by atoms with van der Waals surface area (Å²) in [6, 6.07) is 5.51. The number of amides is 3. The number of aryl methyl sites for hydroxylation is 1. The highest BCUT2D eigenvalue weighted by molar-refractivity contribution is 6.35. The van der Waals surface area contributed by atoms with Crippen LogP contribution in [0.1, 0.15) is 21.5 Å². The van der Waals surface area contributed by atoms with Gasteiger partial charge in [0.1, 0.15) is 34.5 Å². The van der Waals surface area contributed by atoms with Crippen LogP contribution in [0.15, 0.2) is 36.4 Å². The lowest BCUT2D eigenvalue weighted by molar-refractivity contribution is 0.0959. The van der Waals surface area contributed by atoms with Gasteiger partial charge in [0.2, 0.25) is 0 Å². The molecule has 0 bridgehead atoms. The monoisotopic (exact) mass is 516 g/mol. The molecule has 0 unspecified atom stereocenters. The zero-order valence-electron chi connectivity index (χ0n) is 17.0. The number of imide groups is 1. The summed E-state index contributed by atoms with van der Waals surface area (Å²) in [5.41, 5.74) is 0.106. The van der Waals surface area contributed by atoms with E-state index >= 15 is 0 Å². The number of anilines is 1. The largest absolute Gasteiger partial charge is 0.454 e. The second-order valence-electron chi connectivity index (χ2n) is 6.81. The molecule has 0 radical (unpaired) electrons. The van der Waals surface area contributed by atoms with Crippen molar-refractivity contribution in [2.24, 2.45) is 0 Å². The number of hydrogen-bond acceptors (Lipinski definition) is 3. The van der Waals surface area contributed by atoms with E-state index in [1.54, 1.807) is 13.8 Å². The van der Waals surface area contributed by atoms with Crippen molar-refractivity contribution in [3.05, 3.63) is 85.6 Å². The summed E-state index contributed by atoms with van der Waals surface area (Å²) in [6.45, 7) is 3.17. The van der Waals surface area contributed by atoms with Gasteiger partial charge in [-0.15, -0.1) is 0 Å². The summed E-state index contributed by atoms with van der Waals surface area (Å²) in [6.07, 6.45) is 0. The number of urea groups is 1. The number of nitrogens with one attached hydrogen (secondary N) is 2. The third kappa shape index (κ3) is 5.35. The Bertz CT molecular complexity index is 1270. The van der Waals surface area contributed by atoms with Crippen molar-refractivity contribution in [3.63, 3.8) is 0 Å². The van der Waals surface area contributed by atoms with Gasteiger partial charge in [0, 0.05) is 11.8 Å². The Labute approximate surface area is 201 Å². The molecule has 3 amide bonds. The Morgan fingerprint density at radius 2 is 1.55 bits per heavy atom. The van der Waals surface area contributed by atoms with E-state index in [9.17, 15) is 22.8 Å². The van der Waals surface area contributed by atoms with Crippen molar-refractivity contribution in [1.82, 2.24) is 5.32 Å². The van der Waals surface area contributed by atoms with Crippen LogP contribution in [0.2, 0.25) is 15.1 Å². The Balaban J connectivity index is 1.82. The zero-order chi connectivity index (χ0) is 24.4. The van der Waals surface area contributed by atoms with Gasteiger partial charge in [-0.1, -0.05) is 40.9 Å². The highest BCUT2D eigenvalue weighted by atomic mass is 35.5. The molecule has 11 heteroatoms. The van der Waals surface area contributed by atoms with Gasteiger partial charge in [-0.25, -0.2) is 18.0 Å². The number of carbonyl (C=O) groups is 2. The van der Waals surface area contributed by atoms with E-state index < -0.39 is 35.0 Å². The van der Waals surface area contributed by atoms with Crippen molar-refractivity contribution >= 4 is 52.4 Å². The van der Waals surface area contributed by atoms with Crippen LogP contribution in [0.3, 0.4) is 0 Å². The standard InChI is InChI=1S/C22H14Cl3F3N2O3/c1-9-6-16(29-22(32)30-21(31)18-13(26)4-3-5-14(18)27)10(2)19(25)20(9)33-17-8-11(23)15(28)7-12(17)24/h3-8H,1-2H3,(H2,29,30,31,32). The van der Waals surface area contributed by atoms with Crippen LogP contribution in [-0.2, 0) is 0 Å². The molecule has 5 nitrogen and oxygen atoms in total. The summed E-state index contributed by atoms with van der Waals surface area (Å²) in [4.78, 5) is 24.4. The number of ether oxygens (including phenoxy) is 1. The lowest BCUT2D eigenvalue weighted by Gasteiger charge is -2.17. The van der Waals surface area contributed by atoms with Crippen molar-refractivity contribution in [3.8, 4) is 11.5 Å². The number of benzene rings is 3. The Kier molecular flexibility index (Phi) is 7.41. The molecule has 0 fully saturated rings. The molecule has 0 spiro atoms. The van der Waals surface area contributed by atoms with Gasteiger partial charge in [0.05, 0.1) is 15.1 Å². The van der Waals surface area contributed by atoms with Gasteiger partial charge >= 0.3 is 6.03 Å².